The van der Waals surface area contributed by atoms with Gasteiger partial charge in [0, 0.05) is 13.1 Å². The highest BCUT2D eigenvalue weighted by Crippen LogP contribution is 2.28. The summed E-state index contributed by atoms with van der Waals surface area (Å²) < 4.78 is 0. The third-order valence-electron chi connectivity index (χ3n) is 5.68. The number of benzene rings is 2. The number of nitrogens with zero attached hydrogens (tertiary/aromatic N) is 2. The Morgan fingerprint density at radius 2 is 1.97 bits per heavy atom. The van der Waals surface area contributed by atoms with Crippen molar-refractivity contribution < 1.29 is 9.59 Å². The van der Waals surface area contributed by atoms with Crippen LogP contribution in [0.4, 0.5) is 0 Å². The zero-order valence-electron chi connectivity index (χ0n) is 17.5. The van der Waals surface area contributed by atoms with Gasteiger partial charge in [-0.2, -0.15) is 0 Å². The van der Waals surface area contributed by atoms with Crippen LogP contribution in [-0.4, -0.2) is 34.3 Å². The smallest absolute Gasteiger partial charge is 0.256 e. The number of hydrogen-bond acceptors (Lipinski definition) is 4. The second-order valence-corrected chi connectivity index (χ2v) is 9.03. The number of aryl methyl sites for hydroxylation is 2. The molecule has 0 aliphatic carbocycles. The molecule has 2 amide bonds. The Morgan fingerprint density at radius 1 is 1.19 bits per heavy atom. The molecule has 0 radical (unpaired) electrons. The van der Waals surface area contributed by atoms with Crippen LogP contribution in [0.25, 0.3) is 10.4 Å². The van der Waals surface area contributed by atoms with Gasteiger partial charge in [-0.15, -0.1) is 11.3 Å². The zero-order chi connectivity index (χ0) is 22.0. The number of thiazole rings is 1. The summed E-state index contributed by atoms with van der Waals surface area (Å²) in [4.78, 5) is 33.1. The van der Waals surface area contributed by atoms with Crippen molar-refractivity contribution in [2.75, 3.05) is 6.54 Å². The van der Waals surface area contributed by atoms with Crippen molar-refractivity contribution >= 4 is 34.8 Å². The minimum absolute atomic E-state index is 0.127. The summed E-state index contributed by atoms with van der Waals surface area (Å²) in [7, 11) is 0. The number of carbonyl (C=O) groups is 2. The SMILES string of the molecule is Cc1cccc(Cl)c1C(=O)N1CCC[C@H]1C(=O)NCc1ccc(-c2scnc2C)cc1. The maximum atomic E-state index is 13.1. The molecule has 2 aromatic carbocycles. The maximum absolute atomic E-state index is 13.1. The molecule has 0 unspecified atom stereocenters. The van der Waals surface area contributed by atoms with Crippen LogP contribution in [-0.2, 0) is 11.3 Å². The molecule has 160 valence electrons. The van der Waals surface area contributed by atoms with Crippen LogP contribution in [0.15, 0.2) is 48.0 Å². The topological polar surface area (TPSA) is 62.3 Å². The largest absolute Gasteiger partial charge is 0.350 e. The number of halogens is 1. The van der Waals surface area contributed by atoms with Crippen LogP contribution in [0.5, 0.6) is 0 Å². The second kappa shape index (κ2) is 9.20. The van der Waals surface area contributed by atoms with Gasteiger partial charge in [-0.3, -0.25) is 9.59 Å². The number of hydrogen-bond donors (Lipinski definition) is 1. The van der Waals surface area contributed by atoms with Crippen LogP contribution < -0.4 is 5.32 Å². The minimum Gasteiger partial charge on any atom is -0.350 e. The lowest BCUT2D eigenvalue weighted by atomic mass is 10.1. The van der Waals surface area contributed by atoms with E-state index >= 15 is 0 Å². The van der Waals surface area contributed by atoms with E-state index in [0.29, 0.717) is 30.1 Å². The van der Waals surface area contributed by atoms with Gasteiger partial charge in [-0.1, -0.05) is 48.0 Å². The van der Waals surface area contributed by atoms with Gasteiger partial charge < -0.3 is 10.2 Å². The molecule has 2 heterocycles. The number of likely N-dealkylation sites (tertiary alicyclic amines) is 1. The van der Waals surface area contributed by atoms with Gasteiger partial charge in [0.25, 0.3) is 5.91 Å². The third kappa shape index (κ3) is 4.50. The van der Waals surface area contributed by atoms with Crippen molar-refractivity contribution in [1.29, 1.82) is 0 Å². The van der Waals surface area contributed by atoms with Crippen molar-refractivity contribution in [2.24, 2.45) is 0 Å². The molecule has 3 aromatic rings. The van der Waals surface area contributed by atoms with Crippen LogP contribution in [0, 0.1) is 13.8 Å². The summed E-state index contributed by atoms with van der Waals surface area (Å²) in [5.41, 5.74) is 6.30. The number of carbonyl (C=O) groups excluding carboxylic acids is 2. The van der Waals surface area contributed by atoms with Crippen molar-refractivity contribution in [3.05, 3.63) is 75.4 Å². The van der Waals surface area contributed by atoms with Crippen LogP contribution in [0.2, 0.25) is 5.02 Å². The van der Waals surface area contributed by atoms with Crippen molar-refractivity contribution in [3.8, 4) is 10.4 Å². The second-order valence-electron chi connectivity index (χ2n) is 7.77. The molecule has 1 aromatic heterocycles. The maximum Gasteiger partial charge on any atom is 0.256 e. The Kier molecular flexibility index (Phi) is 6.39. The van der Waals surface area contributed by atoms with Crippen molar-refractivity contribution in [1.82, 2.24) is 15.2 Å². The quantitative estimate of drug-likeness (QED) is 0.591. The van der Waals surface area contributed by atoms with Gasteiger partial charge in [0.15, 0.2) is 0 Å². The molecular weight excluding hydrogens is 430 g/mol. The lowest BCUT2D eigenvalue weighted by Gasteiger charge is -2.25. The molecule has 1 N–H and O–H groups in total. The Bertz CT molecular complexity index is 1090. The molecule has 1 fully saturated rings. The first-order chi connectivity index (χ1) is 15.0. The van der Waals surface area contributed by atoms with Gasteiger partial charge in [-0.05, 0) is 49.4 Å². The molecule has 4 rings (SSSR count). The summed E-state index contributed by atoms with van der Waals surface area (Å²) in [6.45, 7) is 4.84. The van der Waals surface area contributed by atoms with Gasteiger partial charge in [0.05, 0.1) is 26.7 Å². The zero-order valence-corrected chi connectivity index (χ0v) is 19.1. The number of nitrogens with one attached hydrogen (secondary N) is 1. The fraction of sp³-hybridized carbons (Fsp3) is 0.292. The van der Waals surface area contributed by atoms with E-state index in [1.165, 1.54) is 0 Å². The highest BCUT2D eigenvalue weighted by molar-refractivity contribution is 7.13. The average Bonchev–Trinajstić information content (AvgIpc) is 3.41. The first kappa shape index (κ1) is 21.5. The van der Waals surface area contributed by atoms with Crippen LogP contribution in [0.3, 0.4) is 0 Å². The first-order valence-corrected chi connectivity index (χ1v) is 11.5. The molecule has 0 spiro atoms. The van der Waals surface area contributed by atoms with Crippen LogP contribution >= 0.6 is 22.9 Å². The molecule has 0 saturated carbocycles. The molecule has 7 heteroatoms. The Labute approximate surface area is 191 Å². The third-order valence-corrected chi connectivity index (χ3v) is 6.97. The first-order valence-electron chi connectivity index (χ1n) is 10.3. The fourth-order valence-corrected chi connectivity index (χ4v) is 5.10. The van der Waals surface area contributed by atoms with Crippen molar-refractivity contribution in [3.63, 3.8) is 0 Å². The standard InChI is InChI=1S/C24H24ClN3O2S/c1-15-5-3-6-19(25)21(15)24(30)28-12-4-7-20(28)23(29)26-13-17-8-10-18(11-9-17)22-16(2)27-14-31-22/h3,5-6,8-11,14,20H,4,7,12-13H2,1-2H3,(H,26,29)/t20-/m0/s1. The molecule has 31 heavy (non-hydrogen) atoms. The average molecular weight is 454 g/mol. The lowest BCUT2D eigenvalue weighted by Crippen LogP contribution is -2.46. The van der Waals surface area contributed by atoms with E-state index in [-0.39, 0.29) is 11.8 Å². The van der Waals surface area contributed by atoms with E-state index in [2.05, 4.69) is 10.3 Å². The molecule has 1 atom stereocenters. The molecule has 5 nitrogen and oxygen atoms in total. The Balaban J connectivity index is 1.41. The van der Waals surface area contributed by atoms with Gasteiger partial charge >= 0.3 is 0 Å². The molecule has 1 aliphatic rings. The van der Waals surface area contributed by atoms with Gasteiger partial charge in [-0.25, -0.2) is 4.98 Å². The molecule has 1 aliphatic heterocycles. The highest BCUT2D eigenvalue weighted by Gasteiger charge is 2.35. The number of amides is 2. The Hall–Kier alpha value is -2.70. The predicted molar refractivity (Wildman–Crippen MR) is 124 cm³/mol. The number of rotatable bonds is 5. The summed E-state index contributed by atoms with van der Waals surface area (Å²) in [5, 5.41) is 3.42. The Morgan fingerprint density at radius 3 is 2.65 bits per heavy atom. The van der Waals surface area contributed by atoms with E-state index in [1.54, 1.807) is 22.3 Å². The van der Waals surface area contributed by atoms with Crippen LogP contribution in [0.1, 0.15) is 40.0 Å². The van der Waals surface area contributed by atoms with E-state index < -0.39 is 6.04 Å². The van der Waals surface area contributed by atoms with Crippen molar-refractivity contribution in [2.45, 2.75) is 39.3 Å². The molecular formula is C24H24ClN3O2S. The van der Waals surface area contributed by atoms with Gasteiger partial charge in [0.1, 0.15) is 6.04 Å². The summed E-state index contributed by atoms with van der Waals surface area (Å²) in [6, 6.07) is 13.1. The monoisotopic (exact) mass is 453 g/mol. The van der Waals surface area contributed by atoms with E-state index in [1.807, 2.05) is 55.8 Å². The highest BCUT2D eigenvalue weighted by atomic mass is 35.5. The normalized spacial score (nSPS) is 15.8. The van der Waals surface area contributed by atoms with E-state index in [4.69, 9.17) is 11.6 Å². The minimum atomic E-state index is -0.470. The van der Waals surface area contributed by atoms with E-state index in [0.717, 1.165) is 33.7 Å². The summed E-state index contributed by atoms with van der Waals surface area (Å²) >= 11 is 7.90. The fourth-order valence-electron chi connectivity index (χ4n) is 3.99. The summed E-state index contributed by atoms with van der Waals surface area (Å²) in [6.07, 6.45) is 1.46. The number of aromatic nitrogens is 1. The molecule has 1 saturated heterocycles. The summed E-state index contributed by atoms with van der Waals surface area (Å²) in [5.74, 6) is -0.303. The van der Waals surface area contributed by atoms with Gasteiger partial charge in [0.2, 0.25) is 5.91 Å². The lowest BCUT2D eigenvalue weighted by molar-refractivity contribution is -0.125. The van der Waals surface area contributed by atoms with E-state index in [9.17, 15) is 9.59 Å². The predicted octanol–water partition coefficient (Wildman–Crippen LogP) is 5.00. The molecule has 0 bridgehead atoms.